The van der Waals surface area contributed by atoms with Crippen LogP contribution in [0.5, 0.6) is 0 Å². The molecule has 0 amide bonds. The highest BCUT2D eigenvalue weighted by Gasteiger charge is 2.09. The van der Waals surface area contributed by atoms with Crippen LogP contribution in [0.2, 0.25) is 0 Å². The molecular formula is C12H11N3S. The summed E-state index contributed by atoms with van der Waals surface area (Å²) in [7, 11) is 0. The minimum absolute atomic E-state index is 0.961. The maximum Gasteiger partial charge on any atom is 0.212 e. The molecule has 0 spiro atoms. The van der Waals surface area contributed by atoms with Gasteiger partial charge in [-0.15, -0.1) is 0 Å². The number of aryl methyl sites for hydroxylation is 1. The molecule has 0 atom stereocenters. The zero-order valence-corrected chi connectivity index (χ0v) is 9.74. The molecule has 1 aromatic carbocycles. The number of hydrogen-bond donors (Lipinski definition) is 0. The first-order valence-corrected chi connectivity index (χ1v) is 6.09. The third-order valence-corrected chi connectivity index (χ3v) is 3.57. The van der Waals surface area contributed by atoms with Gasteiger partial charge in [0.2, 0.25) is 4.96 Å². The average molecular weight is 229 g/mol. The van der Waals surface area contributed by atoms with Crippen LogP contribution in [-0.2, 0) is 6.42 Å². The van der Waals surface area contributed by atoms with E-state index < -0.39 is 0 Å². The van der Waals surface area contributed by atoms with Gasteiger partial charge < -0.3 is 0 Å². The lowest BCUT2D eigenvalue weighted by Gasteiger charge is -1.96. The Morgan fingerprint density at radius 3 is 2.81 bits per heavy atom. The van der Waals surface area contributed by atoms with Crippen LogP contribution in [0, 0.1) is 0 Å². The second-order valence-corrected chi connectivity index (χ2v) is 4.59. The van der Waals surface area contributed by atoms with Gasteiger partial charge in [0.25, 0.3) is 0 Å². The third-order valence-electron chi connectivity index (χ3n) is 2.50. The molecule has 3 rings (SSSR count). The van der Waals surface area contributed by atoms with Crippen molar-refractivity contribution in [3.63, 3.8) is 0 Å². The number of hydrogen-bond acceptors (Lipinski definition) is 3. The molecule has 3 nitrogen and oxygen atoms in total. The number of nitrogens with zero attached hydrogens (tertiary/aromatic N) is 3. The molecule has 80 valence electrons. The summed E-state index contributed by atoms with van der Waals surface area (Å²) < 4.78 is 1.93. The van der Waals surface area contributed by atoms with Gasteiger partial charge in [0.1, 0.15) is 5.01 Å². The highest BCUT2D eigenvalue weighted by Crippen LogP contribution is 2.23. The Hall–Kier alpha value is -1.68. The van der Waals surface area contributed by atoms with Crippen LogP contribution in [-0.4, -0.2) is 14.6 Å². The first kappa shape index (κ1) is 9.54. The highest BCUT2D eigenvalue weighted by atomic mass is 32.1. The molecule has 0 radical (unpaired) electrons. The molecule has 0 N–H and O–H groups in total. The van der Waals surface area contributed by atoms with E-state index in [4.69, 9.17) is 0 Å². The van der Waals surface area contributed by atoms with Crippen molar-refractivity contribution in [1.29, 1.82) is 0 Å². The summed E-state index contributed by atoms with van der Waals surface area (Å²) in [6.07, 6.45) is 2.84. The van der Waals surface area contributed by atoms with Crippen LogP contribution in [0.15, 0.2) is 36.5 Å². The summed E-state index contributed by atoms with van der Waals surface area (Å²) in [6, 6.07) is 10.2. The monoisotopic (exact) mass is 229 g/mol. The lowest BCUT2D eigenvalue weighted by molar-refractivity contribution is 0.916. The van der Waals surface area contributed by atoms with Crippen LogP contribution in [0.3, 0.4) is 0 Å². The fraction of sp³-hybridized carbons (Fsp3) is 0.167. The topological polar surface area (TPSA) is 30.2 Å². The van der Waals surface area contributed by atoms with E-state index in [1.807, 2.05) is 28.9 Å². The Kier molecular flexibility index (Phi) is 2.22. The van der Waals surface area contributed by atoms with Crippen molar-refractivity contribution in [3.05, 3.63) is 41.5 Å². The van der Waals surface area contributed by atoms with E-state index in [0.717, 1.165) is 27.6 Å². The summed E-state index contributed by atoms with van der Waals surface area (Å²) in [5.41, 5.74) is 2.22. The first-order valence-electron chi connectivity index (χ1n) is 5.27. The molecule has 16 heavy (non-hydrogen) atoms. The minimum Gasteiger partial charge on any atom is -0.225 e. The number of fused-ring (bicyclic) bond motifs is 1. The predicted molar refractivity (Wildman–Crippen MR) is 65.7 cm³/mol. The molecule has 0 fully saturated rings. The minimum atomic E-state index is 0.961. The van der Waals surface area contributed by atoms with Gasteiger partial charge in [0.15, 0.2) is 0 Å². The van der Waals surface area contributed by atoms with Gasteiger partial charge in [-0.1, -0.05) is 48.6 Å². The molecule has 0 aliphatic rings. The maximum atomic E-state index is 4.54. The summed E-state index contributed by atoms with van der Waals surface area (Å²) in [4.78, 5) is 5.35. The van der Waals surface area contributed by atoms with Crippen molar-refractivity contribution < 1.29 is 0 Å². The fourth-order valence-electron chi connectivity index (χ4n) is 1.68. The smallest absolute Gasteiger partial charge is 0.212 e. The Labute approximate surface area is 97.4 Å². The van der Waals surface area contributed by atoms with E-state index in [0.29, 0.717) is 0 Å². The summed E-state index contributed by atoms with van der Waals surface area (Å²) in [5, 5.41) is 5.67. The van der Waals surface area contributed by atoms with Crippen molar-refractivity contribution in [2.45, 2.75) is 13.3 Å². The Morgan fingerprint density at radius 1 is 1.25 bits per heavy atom. The van der Waals surface area contributed by atoms with Crippen molar-refractivity contribution in [1.82, 2.24) is 14.6 Å². The van der Waals surface area contributed by atoms with Gasteiger partial charge in [0.05, 0.1) is 11.9 Å². The third kappa shape index (κ3) is 1.42. The van der Waals surface area contributed by atoms with Gasteiger partial charge in [0, 0.05) is 5.56 Å². The van der Waals surface area contributed by atoms with E-state index in [-0.39, 0.29) is 0 Å². The average Bonchev–Trinajstić information content (AvgIpc) is 2.88. The van der Waals surface area contributed by atoms with Crippen LogP contribution in [0.1, 0.15) is 11.9 Å². The standard InChI is InChI=1S/C12H11N3S/c1-2-11-14-15-10(8-13-12(15)16-11)9-6-4-3-5-7-9/h3-8H,2H2,1H3. The van der Waals surface area contributed by atoms with Crippen LogP contribution < -0.4 is 0 Å². The highest BCUT2D eigenvalue weighted by molar-refractivity contribution is 7.16. The summed E-state index contributed by atoms with van der Waals surface area (Å²) in [5.74, 6) is 0. The first-order chi connectivity index (χ1) is 7.88. The molecule has 0 unspecified atom stereocenters. The Morgan fingerprint density at radius 2 is 2.06 bits per heavy atom. The molecule has 0 bridgehead atoms. The number of benzene rings is 1. The van der Waals surface area contributed by atoms with Crippen molar-refractivity contribution in [3.8, 4) is 11.3 Å². The predicted octanol–water partition coefficient (Wildman–Crippen LogP) is 3.02. The van der Waals surface area contributed by atoms with Gasteiger partial charge in [-0.25, -0.2) is 9.50 Å². The molecule has 2 aromatic heterocycles. The van der Waals surface area contributed by atoms with Gasteiger partial charge >= 0.3 is 0 Å². The maximum absolute atomic E-state index is 4.54. The SMILES string of the molecule is CCc1nn2c(-c3ccccc3)cnc2s1. The number of aromatic nitrogens is 3. The van der Waals surface area contributed by atoms with Gasteiger partial charge in [-0.3, -0.25) is 0 Å². The summed E-state index contributed by atoms with van der Waals surface area (Å²) >= 11 is 1.65. The molecule has 2 heterocycles. The van der Waals surface area contributed by atoms with Gasteiger partial charge in [-0.05, 0) is 6.42 Å². The molecule has 4 heteroatoms. The van der Waals surface area contributed by atoms with E-state index in [1.165, 1.54) is 0 Å². The molecule has 0 aliphatic carbocycles. The van der Waals surface area contributed by atoms with Gasteiger partial charge in [-0.2, -0.15) is 5.10 Å². The van der Waals surface area contributed by atoms with Crippen LogP contribution >= 0.6 is 11.3 Å². The second-order valence-electron chi connectivity index (χ2n) is 3.55. The van der Waals surface area contributed by atoms with Crippen molar-refractivity contribution in [2.24, 2.45) is 0 Å². The Balaban J connectivity index is 2.20. The van der Waals surface area contributed by atoms with E-state index >= 15 is 0 Å². The lowest BCUT2D eigenvalue weighted by atomic mass is 10.2. The molecule has 3 aromatic rings. The molecule has 0 saturated carbocycles. The lowest BCUT2D eigenvalue weighted by Crippen LogP contribution is -1.89. The van der Waals surface area contributed by atoms with E-state index in [1.54, 1.807) is 11.3 Å². The quantitative estimate of drug-likeness (QED) is 0.676. The van der Waals surface area contributed by atoms with Crippen LogP contribution in [0.4, 0.5) is 0 Å². The summed E-state index contributed by atoms with van der Waals surface area (Å²) in [6.45, 7) is 2.11. The van der Waals surface area contributed by atoms with E-state index in [9.17, 15) is 0 Å². The van der Waals surface area contributed by atoms with Crippen LogP contribution in [0.25, 0.3) is 16.2 Å². The van der Waals surface area contributed by atoms with E-state index in [2.05, 4.69) is 29.1 Å². The number of imidazole rings is 1. The largest absolute Gasteiger partial charge is 0.225 e. The Bertz CT molecular complexity index is 610. The zero-order chi connectivity index (χ0) is 11.0. The molecular weight excluding hydrogens is 218 g/mol. The fourth-order valence-corrected chi connectivity index (χ4v) is 2.49. The normalized spacial score (nSPS) is 11.1. The zero-order valence-electron chi connectivity index (χ0n) is 8.92. The molecule has 0 saturated heterocycles. The van der Waals surface area contributed by atoms with Crippen molar-refractivity contribution >= 4 is 16.3 Å². The molecule has 0 aliphatic heterocycles. The second kappa shape index (κ2) is 3.72. The number of rotatable bonds is 2. The van der Waals surface area contributed by atoms with Crippen molar-refractivity contribution in [2.75, 3.05) is 0 Å².